The normalized spacial score (nSPS) is 23.6. The summed E-state index contributed by atoms with van der Waals surface area (Å²) in [6, 6.07) is 11.3. The molecule has 1 saturated heterocycles. The van der Waals surface area contributed by atoms with E-state index in [0.29, 0.717) is 30.1 Å². The number of rotatable bonds is 1. The largest absolute Gasteiger partial charge is 0.374 e. The van der Waals surface area contributed by atoms with Gasteiger partial charge in [0.2, 0.25) is 5.78 Å². The molecule has 2 aliphatic heterocycles. The van der Waals surface area contributed by atoms with E-state index < -0.39 is 5.60 Å². The van der Waals surface area contributed by atoms with Crippen molar-refractivity contribution in [3.8, 4) is 0 Å². The lowest BCUT2D eigenvalue weighted by molar-refractivity contribution is 0.0602. The van der Waals surface area contributed by atoms with Crippen LogP contribution in [0.5, 0.6) is 0 Å². The van der Waals surface area contributed by atoms with Crippen molar-refractivity contribution in [3.05, 3.63) is 54.4 Å². The van der Waals surface area contributed by atoms with Gasteiger partial charge >= 0.3 is 0 Å². The van der Waals surface area contributed by atoms with Gasteiger partial charge in [-0.25, -0.2) is 4.99 Å². The maximum atomic E-state index is 12.6. The molecule has 0 radical (unpaired) electrons. The minimum atomic E-state index is -1.52. The molecule has 1 aromatic heterocycles. The quantitative estimate of drug-likeness (QED) is 0.866. The summed E-state index contributed by atoms with van der Waals surface area (Å²) in [7, 11) is 0. The molecule has 21 heavy (non-hydrogen) atoms. The second-order valence-electron chi connectivity index (χ2n) is 5.25. The van der Waals surface area contributed by atoms with Crippen molar-refractivity contribution in [2.75, 3.05) is 11.4 Å². The number of Topliss-reactive ketones (excluding diaryl/α,β-unsaturated/α-hetero) is 1. The summed E-state index contributed by atoms with van der Waals surface area (Å²) in [5, 5.41) is 10.8. The Bertz CT molecular complexity index is 757. The molecule has 1 atom stereocenters. The number of para-hydroxylation sites is 1. The Balaban J connectivity index is 1.88. The van der Waals surface area contributed by atoms with Gasteiger partial charge in [-0.15, -0.1) is 0 Å². The molecule has 3 heterocycles. The van der Waals surface area contributed by atoms with E-state index in [1.807, 2.05) is 35.2 Å². The van der Waals surface area contributed by atoms with Crippen LogP contribution in [0.3, 0.4) is 0 Å². The van der Waals surface area contributed by atoms with Crippen LogP contribution in [0.2, 0.25) is 0 Å². The zero-order valence-corrected chi connectivity index (χ0v) is 11.2. The number of carbonyl (C=O) groups excluding carboxylic acids is 1. The molecule has 104 valence electrons. The SMILES string of the molecule is O=C1c2ccncc2N=C2N(c3ccccc3)CCC12O. The molecule has 0 saturated carbocycles. The Morgan fingerprint density at radius 2 is 2.00 bits per heavy atom. The molecule has 2 aliphatic rings. The lowest BCUT2D eigenvalue weighted by atomic mass is 9.88. The maximum Gasteiger partial charge on any atom is 0.204 e. The monoisotopic (exact) mass is 279 g/mol. The second-order valence-corrected chi connectivity index (χ2v) is 5.25. The fourth-order valence-corrected chi connectivity index (χ4v) is 2.95. The van der Waals surface area contributed by atoms with Crippen molar-refractivity contribution < 1.29 is 9.90 Å². The van der Waals surface area contributed by atoms with Crippen LogP contribution in [0, 0.1) is 0 Å². The number of hydrogen-bond donors (Lipinski definition) is 1. The number of aliphatic hydroxyl groups is 1. The van der Waals surface area contributed by atoms with Gasteiger partial charge in [0, 0.05) is 24.8 Å². The van der Waals surface area contributed by atoms with Crippen LogP contribution < -0.4 is 4.90 Å². The summed E-state index contributed by atoms with van der Waals surface area (Å²) in [4.78, 5) is 23.0. The predicted octanol–water partition coefficient (Wildman–Crippen LogP) is 1.95. The zero-order valence-electron chi connectivity index (χ0n) is 11.2. The van der Waals surface area contributed by atoms with Crippen LogP contribution in [0.25, 0.3) is 0 Å². The lowest BCUT2D eigenvalue weighted by Gasteiger charge is -2.29. The number of hydrogen-bond acceptors (Lipinski definition) is 5. The fourth-order valence-electron chi connectivity index (χ4n) is 2.95. The topological polar surface area (TPSA) is 65.8 Å². The van der Waals surface area contributed by atoms with Gasteiger partial charge in [-0.05, 0) is 18.2 Å². The molecule has 0 amide bonds. The first-order valence-electron chi connectivity index (χ1n) is 6.83. The van der Waals surface area contributed by atoms with Crippen molar-refractivity contribution in [2.45, 2.75) is 12.0 Å². The lowest BCUT2D eigenvalue weighted by Crippen LogP contribution is -2.48. The van der Waals surface area contributed by atoms with Crippen molar-refractivity contribution in [3.63, 3.8) is 0 Å². The van der Waals surface area contributed by atoms with Gasteiger partial charge in [-0.1, -0.05) is 18.2 Å². The molecule has 1 unspecified atom stereocenters. The van der Waals surface area contributed by atoms with Gasteiger partial charge < -0.3 is 10.0 Å². The number of anilines is 1. The molecule has 1 aromatic carbocycles. The van der Waals surface area contributed by atoms with E-state index in [9.17, 15) is 9.90 Å². The maximum absolute atomic E-state index is 12.6. The first-order valence-corrected chi connectivity index (χ1v) is 6.83. The number of carbonyl (C=O) groups is 1. The third-order valence-electron chi connectivity index (χ3n) is 4.04. The van der Waals surface area contributed by atoms with Gasteiger partial charge in [0.15, 0.2) is 5.60 Å². The molecule has 5 heteroatoms. The highest BCUT2D eigenvalue weighted by atomic mass is 16.3. The van der Waals surface area contributed by atoms with Gasteiger partial charge in [0.05, 0.1) is 17.4 Å². The van der Waals surface area contributed by atoms with E-state index in [4.69, 9.17) is 0 Å². The van der Waals surface area contributed by atoms with E-state index >= 15 is 0 Å². The molecule has 0 aliphatic carbocycles. The third kappa shape index (κ3) is 1.64. The van der Waals surface area contributed by atoms with E-state index in [-0.39, 0.29) is 5.78 Å². The molecular weight excluding hydrogens is 266 g/mol. The summed E-state index contributed by atoms with van der Waals surface area (Å²) in [6.45, 7) is 0.562. The van der Waals surface area contributed by atoms with Crippen LogP contribution in [0.15, 0.2) is 53.8 Å². The molecule has 2 aromatic rings. The fraction of sp³-hybridized carbons (Fsp3) is 0.188. The molecule has 0 spiro atoms. The molecular formula is C16H13N3O2. The van der Waals surface area contributed by atoms with Crippen molar-refractivity contribution >= 4 is 23.0 Å². The number of fused-ring (bicyclic) bond motifs is 2. The predicted molar refractivity (Wildman–Crippen MR) is 79.0 cm³/mol. The van der Waals surface area contributed by atoms with Crippen LogP contribution in [-0.2, 0) is 0 Å². The minimum absolute atomic E-state index is 0.289. The van der Waals surface area contributed by atoms with Crippen LogP contribution in [-0.4, -0.2) is 33.9 Å². The summed E-state index contributed by atoms with van der Waals surface area (Å²) in [6.07, 6.45) is 3.45. The van der Waals surface area contributed by atoms with Gasteiger partial charge in [-0.2, -0.15) is 0 Å². The Hall–Kier alpha value is -2.53. The standard InChI is InChI=1S/C16H13N3O2/c20-14-12-6-8-17-10-13(12)18-15-16(14,21)7-9-19(15)11-4-2-1-3-5-11/h1-6,8,10,21H,7,9H2. The third-order valence-corrected chi connectivity index (χ3v) is 4.04. The Labute approximate surface area is 121 Å². The summed E-state index contributed by atoms with van der Waals surface area (Å²) in [5.41, 5.74) is 0.355. The van der Waals surface area contributed by atoms with Gasteiger partial charge in [-0.3, -0.25) is 9.78 Å². The number of aliphatic imine (C=N–C) groups is 1. The molecule has 1 fully saturated rings. The Morgan fingerprint density at radius 3 is 2.81 bits per heavy atom. The van der Waals surface area contributed by atoms with Crippen LogP contribution in [0.1, 0.15) is 16.8 Å². The van der Waals surface area contributed by atoms with Crippen molar-refractivity contribution in [1.29, 1.82) is 0 Å². The average molecular weight is 279 g/mol. The smallest absolute Gasteiger partial charge is 0.204 e. The molecule has 1 N–H and O–H groups in total. The van der Waals surface area contributed by atoms with Crippen molar-refractivity contribution in [1.82, 2.24) is 4.98 Å². The van der Waals surface area contributed by atoms with Gasteiger partial charge in [0.25, 0.3) is 0 Å². The number of nitrogens with zero attached hydrogens (tertiary/aromatic N) is 3. The van der Waals surface area contributed by atoms with Crippen LogP contribution in [0.4, 0.5) is 11.4 Å². The number of pyridine rings is 1. The Kier molecular flexibility index (Phi) is 2.46. The molecule has 4 rings (SSSR count). The van der Waals surface area contributed by atoms with Crippen molar-refractivity contribution in [2.24, 2.45) is 4.99 Å². The number of ketones is 1. The van der Waals surface area contributed by atoms with Crippen LogP contribution >= 0.6 is 0 Å². The zero-order chi connectivity index (χ0) is 14.4. The van der Waals surface area contributed by atoms with E-state index in [1.54, 1.807) is 18.5 Å². The number of benzene rings is 1. The van der Waals surface area contributed by atoms with E-state index in [0.717, 1.165) is 5.69 Å². The summed E-state index contributed by atoms with van der Waals surface area (Å²) < 4.78 is 0. The summed E-state index contributed by atoms with van der Waals surface area (Å²) in [5.74, 6) is 0.113. The number of aromatic nitrogens is 1. The Morgan fingerprint density at radius 1 is 1.19 bits per heavy atom. The van der Waals surface area contributed by atoms with E-state index in [1.165, 1.54) is 0 Å². The average Bonchev–Trinajstić information content (AvgIpc) is 2.87. The minimum Gasteiger partial charge on any atom is -0.374 e. The first kappa shape index (κ1) is 12.2. The summed E-state index contributed by atoms with van der Waals surface area (Å²) >= 11 is 0. The highest BCUT2D eigenvalue weighted by Crippen LogP contribution is 2.38. The second kappa shape index (κ2) is 4.23. The first-order chi connectivity index (χ1) is 10.2. The van der Waals surface area contributed by atoms with E-state index in [2.05, 4.69) is 9.98 Å². The van der Waals surface area contributed by atoms with Gasteiger partial charge in [0.1, 0.15) is 5.84 Å². The molecule has 5 nitrogen and oxygen atoms in total. The number of amidine groups is 1. The highest BCUT2D eigenvalue weighted by molar-refractivity contribution is 6.28. The molecule has 0 bridgehead atoms. The highest BCUT2D eigenvalue weighted by Gasteiger charge is 2.52.